The smallest absolute Gasteiger partial charge is 0.407 e. The van der Waals surface area contributed by atoms with Crippen molar-refractivity contribution < 1.29 is 21.6 Å². The van der Waals surface area contributed by atoms with Gasteiger partial charge in [0, 0.05) is 25.6 Å². The largest absolute Gasteiger partial charge is 0.496 e. The van der Waals surface area contributed by atoms with E-state index < -0.39 is 15.3 Å². The van der Waals surface area contributed by atoms with Crippen LogP contribution in [-0.4, -0.2) is 33.6 Å². The summed E-state index contributed by atoms with van der Waals surface area (Å²) in [4.78, 5) is 2.19. The van der Waals surface area contributed by atoms with Crippen molar-refractivity contribution in [2.45, 2.75) is 18.5 Å². The number of fused-ring (bicyclic) bond motifs is 1. The molecule has 1 fully saturated rings. The maximum absolute atomic E-state index is 12.7. The van der Waals surface area contributed by atoms with Crippen molar-refractivity contribution in [3.05, 3.63) is 47.7 Å². The predicted octanol–water partition coefficient (Wildman–Crippen LogP) is 3.19. The fraction of sp³-hybridized carbons (Fsp3) is 0.438. The van der Waals surface area contributed by atoms with Crippen molar-refractivity contribution in [3.63, 3.8) is 0 Å². The number of halogens is 3. The van der Waals surface area contributed by atoms with Gasteiger partial charge < -0.3 is 4.18 Å². The van der Waals surface area contributed by atoms with Crippen molar-refractivity contribution in [3.8, 4) is 0 Å². The van der Waals surface area contributed by atoms with Gasteiger partial charge in [-0.15, -0.1) is 0 Å². The molecule has 0 spiro atoms. The van der Waals surface area contributed by atoms with E-state index in [0.29, 0.717) is 13.0 Å². The van der Waals surface area contributed by atoms with Crippen LogP contribution in [-0.2, 0) is 20.5 Å². The summed E-state index contributed by atoms with van der Waals surface area (Å²) in [6.07, 6.45) is 2.28. The molecule has 3 nitrogen and oxygen atoms in total. The molecule has 0 N–H and O–H groups in total. The van der Waals surface area contributed by atoms with Crippen molar-refractivity contribution in [2.75, 3.05) is 13.1 Å². The number of hydrogen-bond acceptors (Lipinski definition) is 3. The maximum Gasteiger partial charge on any atom is 0.496 e. The Morgan fingerprint density at radius 2 is 1.96 bits per heavy atom. The molecule has 0 amide bonds. The molecule has 3 unspecified atom stereocenters. The second-order valence-corrected chi connectivity index (χ2v) is 7.89. The number of allylic oxidation sites excluding steroid dienone is 1. The molecular formula is C16H18F3NO2S. The lowest BCUT2D eigenvalue weighted by Gasteiger charge is -2.20. The summed E-state index contributed by atoms with van der Waals surface area (Å²) in [5.74, 6) is 3.00. The third-order valence-electron chi connectivity index (χ3n) is 4.34. The fourth-order valence-electron chi connectivity index (χ4n) is 3.21. The highest BCUT2D eigenvalue weighted by Gasteiger charge is 2.46. The average Bonchev–Trinajstić information content (AvgIpc) is 3.00. The first-order valence-electron chi connectivity index (χ1n) is 7.35. The van der Waals surface area contributed by atoms with Crippen LogP contribution in [0, 0.1) is 11.8 Å². The van der Waals surface area contributed by atoms with Gasteiger partial charge in [0.25, 0.3) is 0 Å². The molecule has 0 aromatic heterocycles. The van der Waals surface area contributed by atoms with Crippen LogP contribution in [0.5, 0.6) is 0 Å². The number of benzene rings is 1. The molecule has 1 aliphatic carbocycles. The summed E-state index contributed by atoms with van der Waals surface area (Å²) in [5.41, 5.74) is -3.79. The lowest BCUT2D eigenvalue weighted by molar-refractivity contribution is -0.0469. The van der Waals surface area contributed by atoms with Gasteiger partial charge in [0.2, 0.25) is 9.80 Å². The van der Waals surface area contributed by atoms with Gasteiger partial charge in [-0.05, 0) is 29.8 Å². The third kappa shape index (κ3) is 3.40. The quantitative estimate of drug-likeness (QED) is 0.785. The van der Waals surface area contributed by atoms with E-state index in [1.807, 2.05) is 30.3 Å². The summed E-state index contributed by atoms with van der Waals surface area (Å²) >= 11 is 0. The second-order valence-electron chi connectivity index (χ2n) is 6.03. The van der Waals surface area contributed by atoms with Crippen LogP contribution in [0.25, 0.3) is 0 Å². The molecule has 1 heterocycles. The van der Waals surface area contributed by atoms with Crippen LogP contribution < -0.4 is 0 Å². The van der Waals surface area contributed by atoms with Crippen LogP contribution in [0.15, 0.2) is 42.2 Å². The van der Waals surface area contributed by atoms with Gasteiger partial charge in [-0.1, -0.05) is 30.3 Å². The summed E-state index contributed by atoms with van der Waals surface area (Å²) in [5, 5.41) is 0. The Kier molecular flexibility index (Phi) is 4.18. The van der Waals surface area contributed by atoms with Crippen molar-refractivity contribution in [1.82, 2.24) is 4.90 Å². The molecular weight excluding hydrogens is 327 g/mol. The van der Waals surface area contributed by atoms with Gasteiger partial charge in [-0.3, -0.25) is 4.90 Å². The van der Waals surface area contributed by atoms with Crippen LogP contribution >= 0.6 is 0 Å². The first-order chi connectivity index (χ1) is 10.8. The monoisotopic (exact) mass is 345 g/mol. The van der Waals surface area contributed by atoms with Crippen LogP contribution in [0.3, 0.4) is 0 Å². The zero-order chi connectivity index (χ0) is 16.7. The number of likely N-dealkylation sites (tertiary alicyclic amines) is 1. The minimum Gasteiger partial charge on any atom is -0.407 e. The Labute approximate surface area is 134 Å². The third-order valence-corrected chi connectivity index (χ3v) is 5.50. The topological polar surface area (TPSA) is 29.5 Å². The van der Waals surface area contributed by atoms with Crippen LogP contribution in [0.2, 0.25) is 0 Å². The molecule has 0 radical (unpaired) electrons. The molecule has 3 rings (SSSR count). The normalized spacial score (nSPS) is 27.3. The Morgan fingerprint density at radius 1 is 1.26 bits per heavy atom. The van der Waals surface area contributed by atoms with Gasteiger partial charge in [0.15, 0.2) is 0 Å². The summed E-state index contributed by atoms with van der Waals surface area (Å²) < 4.78 is 54.5. The Morgan fingerprint density at radius 3 is 2.61 bits per heavy atom. The number of alkyl halides is 3. The first-order valence-corrected chi connectivity index (χ1v) is 9.01. The van der Waals surface area contributed by atoms with Crippen LogP contribution in [0.4, 0.5) is 13.2 Å². The lowest BCUT2D eigenvalue weighted by Crippen LogP contribution is -2.27. The molecule has 126 valence electrons. The molecule has 1 aliphatic heterocycles. The van der Waals surface area contributed by atoms with Gasteiger partial charge in [0.05, 0.1) is 0 Å². The summed E-state index contributed by atoms with van der Waals surface area (Å²) in [6.45, 7) is 2.16. The van der Waals surface area contributed by atoms with E-state index in [-0.39, 0.29) is 17.6 Å². The molecule has 1 aromatic carbocycles. The number of nitrogens with zero attached hydrogens (tertiary/aromatic N) is 1. The average molecular weight is 345 g/mol. The molecule has 23 heavy (non-hydrogen) atoms. The van der Waals surface area contributed by atoms with E-state index >= 15 is 0 Å². The SMILES string of the molecule is C=S(=O)(OC1=CCC2CN(Cc3ccccc3)CC12)C(F)(F)F. The summed E-state index contributed by atoms with van der Waals surface area (Å²) in [6, 6.07) is 9.91. The zero-order valence-corrected chi connectivity index (χ0v) is 13.3. The highest BCUT2D eigenvalue weighted by molar-refractivity contribution is 7.96. The standard InChI is InChI=1S/C16H18F3NO2S/c1-23(21,16(17,18)19)22-15-8-7-13-10-20(11-14(13)15)9-12-5-3-2-4-6-12/h2-6,8,13-14H,1,7,9-11H2. The summed E-state index contributed by atoms with van der Waals surface area (Å²) in [7, 11) is -4.58. The molecule has 2 aliphatic rings. The zero-order valence-electron chi connectivity index (χ0n) is 12.5. The number of rotatable bonds is 4. The highest BCUT2D eigenvalue weighted by atomic mass is 32.2. The molecule has 3 atom stereocenters. The van der Waals surface area contributed by atoms with E-state index in [1.54, 1.807) is 6.08 Å². The molecule has 0 saturated carbocycles. The van der Waals surface area contributed by atoms with E-state index in [2.05, 4.69) is 10.8 Å². The van der Waals surface area contributed by atoms with Crippen molar-refractivity contribution in [1.29, 1.82) is 0 Å². The Hall–Kier alpha value is -1.47. The van der Waals surface area contributed by atoms with E-state index in [1.165, 1.54) is 0 Å². The van der Waals surface area contributed by atoms with Gasteiger partial charge >= 0.3 is 5.51 Å². The number of hydrogen-bond donors (Lipinski definition) is 0. The molecule has 7 heteroatoms. The second kappa shape index (κ2) is 5.87. The minimum atomic E-state index is -4.95. The predicted molar refractivity (Wildman–Crippen MR) is 83.8 cm³/mol. The molecule has 1 aromatic rings. The molecule has 1 saturated heterocycles. The highest BCUT2D eigenvalue weighted by Crippen LogP contribution is 2.41. The van der Waals surface area contributed by atoms with Crippen molar-refractivity contribution in [2.24, 2.45) is 11.8 Å². The van der Waals surface area contributed by atoms with Crippen molar-refractivity contribution >= 4 is 15.7 Å². The van der Waals surface area contributed by atoms with Gasteiger partial charge in [-0.2, -0.15) is 13.2 Å². The van der Waals surface area contributed by atoms with E-state index in [4.69, 9.17) is 4.18 Å². The van der Waals surface area contributed by atoms with Gasteiger partial charge in [0.1, 0.15) is 5.76 Å². The lowest BCUT2D eigenvalue weighted by atomic mass is 9.99. The van der Waals surface area contributed by atoms with E-state index in [9.17, 15) is 17.4 Å². The maximum atomic E-state index is 12.7. The fourth-order valence-corrected chi connectivity index (χ4v) is 3.81. The van der Waals surface area contributed by atoms with Crippen LogP contribution in [0.1, 0.15) is 12.0 Å². The molecule has 0 bridgehead atoms. The van der Waals surface area contributed by atoms with Gasteiger partial charge in [-0.25, -0.2) is 4.21 Å². The Bertz CT molecular complexity index is 698. The first kappa shape index (κ1) is 16.4. The Balaban J connectivity index is 1.65. The minimum absolute atomic E-state index is 0.136. The van der Waals surface area contributed by atoms with E-state index in [0.717, 1.165) is 18.7 Å².